The van der Waals surface area contributed by atoms with Crippen molar-refractivity contribution in [2.45, 2.75) is 6.92 Å². The number of carbonyl (C=O) groups is 1. The van der Waals surface area contributed by atoms with Gasteiger partial charge in [-0.05, 0) is 42.8 Å². The smallest absolute Gasteiger partial charge is 0.185 e. The summed E-state index contributed by atoms with van der Waals surface area (Å²) in [6.45, 7) is 1.92. The Balaban J connectivity index is 2.26. The zero-order valence-corrected chi connectivity index (χ0v) is 12.8. The van der Waals surface area contributed by atoms with Crippen LogP contribution in [0.2, 0.25) is 0 Å². The molecule has 1 aromatic carbocycles. The van der Waals surface area contributed by atoms with Crippen molar-refractivity contribution >= 4 is 27.8 Å². The van der Waals surface area contributed by atoms with Crippen LogP contribution in [0.5, 0.6) is 0 Å². The van der Waals surface area contributed by atoms with Crippen LogP contribution < -0.4 is 0 Å². The standard InChI is InChI=1S/C16H13BrN2O/c1-11-12(9-15(10-18)19(11)2)6-7-16(20)13-4-3-5-14(17)8-13/h3-9H,1-2H3/b7-6+. The van der Waals surface area contributed by atoms with Crippen LogP contribution in [0.25, 0.3) is 6.08 Å². The molecule has 0 saturated heterocycles. The number of carbonyl (C=O) groups excluding carboxylic acids is 1. The average molecular weight is 329 g/mol. The molecule has 0 spiro atoms. The molecule has 0 amide bonds. The van der Waals surface area contributed by atoms with Gasteiger partial charge in [0.2, 0.25) is 0 Å². The molecule has 0 N–H and O–H groups in total. The highest BCUT2D eigenvalue weighted by molar-refractivity contribution is 9.10. The quantitative estimate of drug-likeness (QED) is 0.634. The summed E-state index contributed by atoms with van der Waals surface area (Å²) in [6, 6.07) is 11.2. The van der Waals surface area contributed by atoms with E-state index in [1.165, 1.54) is 6.08 Å². The molecule has 1 aromatic heterocycles. The second kappa shape index (κ2) is 5.89. The zero-order chi connectivity index (χ0) is 14.7. The Kier molecular flexibility index (Phi) is 4.21. The number of allylic oxidation sites excluding steroid dienone is 1. The predicted octanol–water partition coefficient (Wildman–Crippen LogP) is 3.86. The maximum atomic E-state index is 12.1. The first-order chi connectivity index (χ1) is 9.52. The fourth-order valence-corrected chi connectivity index (χ4v) is 2.30. The molecular formula is C16H13BrN2O. The van der Waals surface area contributed by atoms with Crippen molar-refractivity contribution in [2.24, 2.45) is 7.05 Å². The fourth-order valence-electron chi connectivity index (χ4n) is 1.90. The van der Waals surface area contributed by atoms with Gasteiger partial charge in [0.15, 0.2) is 5.78 Å². The van der Waals surface area contributed by atoms with Crippen LogP contribution in [-0.4, -0.2) is 10.4 Å². The first-order valence-corrected chi connectivity index (χ1v) is 6.86. The summed E-state index contributed by atoms with van der Waals surface area (Å²) >= 11 is 3.34. The SMILES string of the molecule is Cc1c(/C=C/C(=O)c2cccc(Br)c2)cc(C#N)n1C. The number of aromatic nitrogens is 1. The van der Waals surface area contributed by atoms with Crippen molar-refractivity contribution in [3.05, 3.63) is 63.4 Å². The van der Waals surface area contributed by atoms with Crippen molar-refractivity contribution in [1.82, 2.24) is 4.57 Å². The molecule has 0 atom stereocenters. The maximum absolute atomic E-state index is 12.1. The van der Waals surface area contributed by atoms with Crippen LogP contribution in [0.3, 0.4) is 0 Å². The van der Waals surface area contributed by atoms with Gasteiger partial charge in [-0.15, -0.1) is 0 Å². The molecule has 1 heterocycles. The molecule has 100 valence electrons. The van der Waals surface area contributed by atoms with Crippen molar-refractivity contribution in [3.63, 3.8) is 0 Å². The van der Waals surface area contributed by atoms with Crippen molar-refractivity contribution in [2.75, 3.05) is 0 Å². The summed E-state index contributed by atoms with van der Waals surface area (Å²) in [5, 5.41) is 8.98. The number of nitrogens with zero attached hydrogens (tertiary/aromatic N) is 2. The van der Waals surface area contributed by atoms with E-state index >= 15 is 0 Å². The summed E-state index contributed by atoms with van der Waals surface area (Å²) < 4.78 is 2.68. The van der Waals surface area contributed by atoms with E-state index in [-0.39, 0.29) is 5.78 Å². The largest absolute Gasteiger partial charge is 0.339 e. The molecule has 20 heavy (non-hydrogen) atoms. The molecule has 0 aliphatic rings. The first-order valence-electron chi connectivity index (χ1n) is 6.07. The van der Waals surface area contributed by atoms with Crippen molar-refractivity contribution in [3.8, 4) is 6.07 Å². The topological polar surface area (TPSA) is 45.8 Å². The molecule has 0 saturated carbocycles. The van der Waals surface area contributed by atoms with E-state index in [1.54, 1.807) is 24.3 Å². The highest BCUT2D eigenvalue weighted by atomic mass is 79.9. The molecule has 3 nitrogen and oxygen atoms in total. The third kappa shape index (κ3) is 2.89. The number of rotatable bonds is 3. The molecule has 0 aliphatic carbocycles. The van der Waals surface area contributed by atoms with Gasteiger partial charge in [-0.3, -0.25) is 4.79 Å². The highest BCUT2D eigenvalue weighted by Crippen LogP contribution is 2.16. The van der Waals surface area contributed by atoms with Gasteiger partial charge in [0, 0.05) is 22.8 Å². The van der Waals surface area contributed by atoms with Gasteiger partial charge in [-0.25, -0.2) is 0 Å². The second-order valence-corrected chi connectivity index (χ2v) is 5.36. The summed E-state index contributed by atoms with van der Waals surface area (Å²) in [7, 11) is 1.83. The van der Waals surface area contributed by atoms with Crippen molar-refractivity contribution < 1.29 is 4.79 Å². The van der Waals surface area contributed by atoms with E-state index < -0.39 is 0 Å². The third-order valence-corrected chi connectivity index (χ3v) is 3.71. The molecule has 0 aliphatic heterocycles. The van der Waals surface area contributed by atoms with Crippen LogP contribution in [0.4, 0.5) is 0 Å². The Morgan fingerprint density at radius 1 is 1.40 bits per heavy atom. The second-order valence-electron chi connectivity index (χ2n) is 4.45. The van der Waals surface area contributed by atoms with Gasteiger partial charge < -0.3 is 4.57 Å². The minimum absolute atomic E-state index is 0.0620. The normalized spacial score (nSPS) is 10.7. The molecule has 4 heteroatoms. The molecule has 0 bridgehead atoms. The lowest BCUT2D eigenvalue weighted by Gasteiger charge is -1.98. The molecule has 2 aromatic rings. The van der Waals surface area contributed by atoms with E-state index in [9.17, 15) is 4.79 Å². The minimum Gasteiger partial charge on any atom is -0.339 e. The zero-order valence-electron chi connectivity index (χ0n) is 11.2. The number of benzene rings is 1. The van der Waals surface area contributed by atoms with Gasteiger partial charge in [-0.2, -0.15) is 5.26 Å². The summed E-state index contributed by atoms with van der Waals surface area (Å²) in [5.41, 5.74) is 3.05. The molecular weight excluding hydrogens is 316 g/mol. The van der Waals surface area contributed by atoms with Crippen LogP contribution in [0.1, 0.15) is 27.3 Å². The lowest BCUT2D eigenvalue weighted by molar-refractivity contribution is 0.104. The van der Waals surface area contributed by atoms with Gasteiger partial charge >= 0.3 is 0 Å². The van der Waals surface area contributed by atoms with Crippen LogP contribution >= 0.6 is 15.9 Å². The first kappa shape index (κ1) is 14.3. The monoisotopic (exact) mass is 328 g/mol. The Hall–Kier alpha value is -2.12. The molecule has 0 unspecified atom stereocenters. The maximum Gasteiger partial charge on any atom is 0.185 e. The van der Waals surface area contributed by atoms with Gasteiger partial charge in [0.1, 0.15) is 11.8 Å². The number of nitriles is 1. The van der Waals surface area contributed by atoms with Crippen LogP contribution in [0, 0.1) is 18.3 Å². The highest BCUT2D eigenvalue weighted by Gasteiger charge is 2.07. The summed E-state index contributed by atoms with van der Waals surface area (Å²) in [4.78, 5) is 12.1. The molecule has 0 radical (unpaired) electrons. The number of hydrogen-bond acceptors (Lipinski definition) is 2. The van der Waals surface area contributed by atoms with E-state index in [0.717, 1.165) is 15.7 Å². The van der Waals surface area contributed by atoms with Gasteiger partial charge in [0.25, 0.3) is 0 Å². The van der Waals surface area contributed by atoms with Crippen LogP contribution in [-0.2, 0) is 7.05 Å². The lowest BCUT2D eigenvalue weighted by Crippen LogP contribution is -1.95. The number of hydrogen-bond donors (Lipinski definition) is 0. The van der Waals surface area contributed by atoms with Gasteiger partial charge in [-0.1, -0.05) is 28.1 Å². The predicted molar refractivity (Wildman–Crippen MR) is 82.4 cm³/mol. The van der Waals surface area contributed by atoms with Crippen LogP contribution in [0.15, 0.2) is 40.9 Å². The Morgan fingerprint density at radius 2 is 2.15 bits per heavy atom. The summed E-state index contributed by atoms with van der Waals surface area (Å²) in [5.74, 6) is -0.0620. The van der Waals surface area contributed by atoms with E-state index in [2.05, 4.69) is 22.0 Å². The Bertz CT molecular complexity index is 735. The Labute approximate surface area is 126 Å². The third-order valence-electron chi connectivity index (χ3n) is 3.21. The summed E-state index contributed by atoms with van der Waals surface area (Å²) in [6.07, 6.45) is 3.28. The van der Waals surface area contributed by atoms with Gasteiger partial charge in [0.05, 0.1) is 0 Å². The molecule has 0 fully saturated rings. The fraction of sp³-hybridized carbons (Fsp3) is 0.125. The number of halogens is 1. The van der Waals surface area contributed by atoms with E-state index in [4.69, 9.17) is 5.26 Å². The van der Waals surface area contributed by atoms with E-state index in [1.807, 2.05) is 30.7 Å². The lowest BCUT2D eigenvalue weighted by atomic mass is 10.1. The van der Waals surface area contributed by atoms with E-state index in [0.29, 0.717) is 11.3 Å². The number of ketones is 1. The minimum atomic E-state index is -0.0620. The molecule has 2 rings (SSSR count). The Morgan fingerprint density at radius 3 is 2.75 bits per heavy atom. The van der Waals surface area contributed by atoms with Crippen molar-refractivity contribution in [1.29, 1.82) is 5.26 Å². The average Bonchev–Trinajstić information content (AvgIpc) is 2.72.